The number of primary amides is 1. The van der Waals surface area contributed by atoms with E-state index in [9.17, 15) is 4.79 Å². The Kier molecular flexibility index (Phi) is 3.64. The van der Waals surface area contributed by atoms with Crippen LogP contribution >= 0.6 is 0 Å². The molecule has 0 bridgehead atoms. The fourth-order valence-electron chi connectivity index (χ4n) is 2.05. The van der Waals surface area contributed by atoms with Crippen LogP contribution in [0.2, 0.25) is 0 Å². The van der Waals surface area contributed by atoms with E-state index < -0.39 is 5.91 Å². The lowest BCUT2D eigenvalue weighted by molar-refractivity contribution is 0.0998. The molecule has 1 aliphatic rings. The lowest BCUT2D eigenvalue weighted by Crippen LogP contribution is -2.34. The van der Waals surface area contributed by atoms with Crippen molar-refractivity contribution in [1.82, 2.24) is 5.32 Å². The maximum Gasteiger partial charge on any atom is 0.249 e. The number of hydrogen-bond donors (Lipinski definition) is 2. The van der Waals surface area contributed by atoms with Crippen LogP contribution in [0.3, 0.4) is 0 Å². The molecule has 0 atom stereocenters. The van der Waals surface area contributed by atoms with Crippen LogP contribution in [0.5, 0.6) is 5.75 Å². The normalized spacial score (nSPS) is 16.8. The van der Waals surface area contributed by atoms with Gasteiger partial charge in [-0.15, -0.1) is 0 Å². The third-order valence-corrected chi connectivity index (χ3v) is 3.06. The number of benzene rings is 1. The molecule has 1 aromatic rings. The fraction of sp³-hybridized carbons (Fsp3) is 0.462. The minimum Gasteiger partial charge on any atom is -0.490 e. The van der Waals surface area contributed by atoms with Crippen LogP contribution in [0.15, 0.2) is 18.2 Å². The summed E-state index contributed by atoms with van der Waals surface area (Å²) in [6.45, 7) is 3.84. The average Bonchev–Trinajstić information content (AvgIpc) is 2.32. The molecule has 1 heterocycles. The molecule has 17 heavy (non-hydrogen) atoms. The van der Waals surface area contributed by atoms with E-state index in [1.54, 1.807) is 6.07 Å². The molecule has 3 N–H and O–H groups in total. The molecule has 1 amide bonds. The smallest absolute Gasteiger partial charge is 0.249 e. The maximum absolute atomic E-state index is 11.2. The van der Waals surface area contributed by atoms with Gasteiger partial charge in [-0.1, -0.05) is 6.07 Å². The Morgan fingerprint density at radius 1 is 1.41 bits per heavy atom. The van der Waals surface area contributed by atoms with E-state index in [4.69, 9.17) is 10.5 Å². The van der Waals surface area contributed by atoms with Gasteiger partial charge in [0.25, 0.3) is 0 Å². The van der Waals surface area contributed by atoms with E-state index in [2.05, 4.69) is 5.32 Å². The van der Waals surface area contributed by atoms with E-state index in [0.717, 1.165) is 37.2 Å². The quantitative estimate of drug-likeness (QED) is 0.826. The zero-order valence-electron chi connectivity index (χ0n) is 10.0. The Balaban J connectivity index is 2.10. The molecule has 0 aromatic heterocycles. The van der Waals surface area contributed by atoms with Gasteiger partial charge in [-0.3, -0.25) is 4.79 Å². The first-order chi connectivity index (χ1) is 8.16. The van der Waals surface area contributed by atoms with Crippen molar-refractivity contribution in [3.63, 3.8) is 0 Å². The fourth-order valence-corrected chi connectivity index (χ4v) is 2.05. The zero-order chi connectivity index (χ0) is 12.3. The minimum absolute atomic E-state index is 0.236. The predicted molar refractivity (Wildman–Crippen MR) is 66.2 cm³/mol. The second-order valence-electron chi connectivity index (χ2n) is 4.41. The van der Waals surface area contributed by atoms with Crippen molar-refractivity contribution < 1.29 is 9.53 Å². The number of hydrogen-bond acceptors (Lipinski definition) is 3. The molecule has 0 aliphatic carbocycles. The first kappa shape index (κ1) is 11.9. The predicted octanol–water partition coefficient (Wildman–Crippen LogP) is 1.22. The van der Waals surface area contributed by atoms with Crippen LogP contribution in [-0.4, -0.2) is 25.1 Å². The number of amides is 1. The molecular weight excluding hydrogens is 216 g/mol. The molecule has 4 heteroatoms. The van der Waals surface area contributed by atoms with E-state index >= 15 is 0 Å². The van der Waals surface area contributed by atoms with Crippen LogP contribution in [-0.2, 0) is 0 Å². The van der Waals surface area contributed by atoms with Crippen molar-refractivity contribution in [2.24, 2.45) is 5.73 Å². The van der Waals surface area contributed by atoms with Crippen molar-refractivity contribution in [2.45, 2.75) is 25.9 Å². The van der Waals surface area contributed by atoms with Crippen LogP contribution < -0.4 is 15.8 Å². The topological polar surface area (TPSA) is 64.3 Å². The summed E-state index contributed by atoms with van der Waals surface area (Å²) in [5.41, 5.74) is 6.73. The van der Waals surface area contributed by atoms with Crippen molar-refractivity contribution in [1.29, 1.82) is 0 Å². The number of aryl methyl sites for hydroxylation is 1. The summed E-state index contributed by atoms with van der Waals surface area (Å²) >= 11 is 0. The number of carbonyl (C=O) groups is 1. The molecule has 4 nitrogen and oxygen atoms in total. The number of carbonyl (C=O) groups excluding carboxylic acids is 1. The largest absolute Gasteiger partial charge is 0.490 e. The molecule has 1 saturated heterocycles. The summed E-state index contributed by atoms with van der Waals surface area (Å²) in [6, 6.07) is 5.50. The maximum atomic E-state index is 11.2. The van der Waals surface area contributed by atoms with Crippen molar-refractivity contribution in [2.75, 3.05) is 13.1 Å². The highest BCUT2D eigenvalue weighted by Gasteiger charge is 2.15. The van der Waals surface area contributed by atoms with Gasteiger partial charge in [-0.25, -0.2) is 0 Å². The molecule has 0 radical (unpaired) electrons. The Hall–Kier alpha value is -1.55. The lowest BCUT2D eigenvalue weighted by atomic mass is 10.1. The Morgan fingerprint density at radius 3 is 2.76 bits per heavy atom. The van der Waals surface area contributed by atoms with E-state index in [1.165, 1.54) is 0 Å². The van der Waals surface area contributed by atoms with Crippen molar-refractivity contribution >= 4 is 5.91 Å². The van der Waals surface area contributed by atoms with E-state index in [-0.39, 0.29) is 6.10 Å². The molecule has 92 valence electrons. The van der Waals surface area contributed by atoms with E-state index in [1.807, 2.05) is 19.1 Å². The molecule has 2 rings (SSSR count). The van der Waals surface area contributed by atoms with Gasteiger partial charge < -0.3 is 15.8 Å². The summed E-state index contributed by atoms with van der Waals surface area (Å²) in [4.78, 5) is 11.2. The highest BCUT2D eigenvalue weighted by molar-refractivity contribution is 5.94. The summed E-state index contributed by atoms with van der Waals surface area (Å²) in [5.74, 6) is 0.328. The molecule has 0 unspecified atom stereocenters. The summed E-state index contributed by atoms with van der Waals surface area (Å²) in [7, 11) is 0. The minimum atomic E-state index is -0.404. The van der Waals surface area contributed by atoms with Crippen molar-refractivity contribution in [3.8, 4) is 5.75 Å². The molecular formula is C13H18N2O2. The second-order valence-corrected chi connectivity index (χ2v) is 4.41. The summed E-state index contributed by atoms with van der Waals surface area (Å²) in [6.07, 6.45) is 2.24. The number of rotatable bonds is 3. The summed E-state index contributed by atoms with van der Waals surface area (Å²) in [5, 5.41) is 3.29. The Labute approximate surface area is 101 Å². The third kappa shape index (κ3) is 2.97. The average molecular weight is 234 g/mol. The van der Waals surface area contributed by atoms with Gasteiger partial charge in [0.05, 0.1) is 0 Å². The highest BCUT2D eigenvalue weighted by atomic mass is 16.5. The molecule has 0 saturated carbocycles. The standard InChI is InChI=1S/C13H18N2O2/c1-9-2-3-11(8-12(9)13(14)16)17-10-4-6-15-7-5-10/h2-3,8,10,15H,4-7H2,1H3,(H2,14,16). The first-order valence-electron chi connectivity index (χ1n) is 5.94. The van der Waals surface area contributed by atoms with Crippen LogP contribution in [0.1, 0.15) is 28.8 Å². The van der Waals surface area contributed by atoms with Crippen LogP contribution in [0, 0.1) is 6.92 Å². The van der Waals surface area contributed by atoms with Gasteiger partial charge in [0, 0.05) is 5.56 Å². The molecule has 1 aliphatic heterocycles. The monoisotopic (exact) mass is 234 g/mol. The number of nitrogens with two attached hydrogens (primary N) is 1. The lowest BCUT2D eigenvalue weighted by Gasteiger charge is -2.24. The Bertz CT molecular complexity index is 412. The molecule has 1 aromatic carbocycles. The van der Waals surface area contributed by atoms with Gasteiger partial charge in [0.2, 0.25) is 5.91 Å². The number of ether oxygens (including phenoxy) is 1. The first-order valence-corrected chi connectivity index (χ1v) is 5.94. The molecule has 0 spiro atoms. The number of nitrogens with one attached hydrogen (secondary N) is 1. The van der Waals surface area contributed by atoms with E-state index in [0.29, 0.717) is 5.56 Å². The van der Waals surface area contributed by atoms with Gasteiger partial charge >= 0.3 is 0 Å². The third-order valence-electron chi connectivity index (χ3n) is 3.06. The SMILES string of the molecule is Cc1ccc(OC2CCNCC2)cc1C(N)=O. The van der Waals surface area contributed by atoms with Gasteiger partial charge in [0.1, 0.15) is 11.9 Å². The van der Waals surface area contributed by atoms with Crippen LogP contribution in [0.25, 0.3) is 0 Å². The van der Waals surface area contributed by atoms with Gasteiger partial charge in [-0.2, -0.15) is 0 Å². The second kappa shape index (κ2) is 5.19. The van der Waals surface area contributed by atoms with Crippen molar-refractivity contribution in [3.05, 3.63) is 29.3 Å². The van der Waals surface area contributed by atoms with Gasteiger partial charge in [-0.05, 0) is 50.6 Å². The molecule has 1 fully saturated rings. The highest BCUT2D eigenvalue weighted by Crippen LogP contribution is 2.20. The number of piperidine rings is 1. The zero-order valence-corrected chi connectivity index (χ0v) is 10.0. The van der Waals surface area contributed by atoms with Crippen LogP contribution in [0.4, 0.5) is 0 Å². The Morgan fingerprint density at radius 2 is 2.12 bits per heavy atom. The van der Waals surface area contributed by atoms with Gasteiger partial charge in [0.15, 0.2) is 0 Å². The summed E-state index contributed by atoms with van der Waals surface area (Å²) < 4.78 is 5.85.